The Morgan fingerprint density at radius 3 is 2.05 bits per heavy atom. The van der Waals surface area contributed by atoms with E-state index in [4.69, 9.17) is 40.1 Å². The number of nitrogens with zero attached hydrogens (tertiary/aromatic N) is 1. The molecule has 4 rings (SSSR count). The van der Waals surface area contributed by atoms with Gasteiger partial charge >= 0.3 is 12.4 Å². The van der Waals surface area contributed by atoms with E-state index in [0.717, 1.165) is 24.3 Å². The zero-order valence-corrected chi connectivity index (χ0v) is 22.2. The molecule has 1 fully saturated rings. The van der Waals surface area contributed by atoms with Crippen molar-refractivity contribution >= 4 is 58.0 Å². The molecule has 0 aromatic heterocycles. The lowest BCUT2D eigenvalue weighted by molar-refractivity contribution is -0.143. The number of halogens is 10. The van der Waals surface area contributed by atoms with Crippen molar-refractivity contribution in [2.24, 2.45) is 5.92 Å². The molecule has 0 radical (unpaired) electrons. The Balaban J connectivity index is 1.58. The normalized spacial score (nSPS) is 17.9. The maximum Gasteiger partial charge on any atom is 0.416 e. The van der Waals surface area contributed by atoms with Gasteiger partial charge in [-0.15, -0.1) is 23.2 Å². The number of anilines is 2. The first-order valence-electron chi connectivity index (χ1n) is 11.2. The van der Waals surface area contributed by atoms with Gasteiger partial charge in [-0.2, -0.15) is 31.6 Å². The second-order valence-corrected chi connectivity index (χ2v) is 10.8. The van der Waals surface area contributed by atoms with E-state index < -0.39 is 62.8 Å². The molecule has 1 aliphatic rings. The van der Waals surface area contributed by atoms with Gasteiger partial charge in [0.2, 0.25) is 5.91 Å². The van der Waals surface area contributed by atoms with Crippen LogP contribution in [-0.4, -0.2) is 16.1 Å². The molecule has 2 amide bonds. The molecule has 3 aromatic carbocycles. The summed E-state index contributed by atoms with van der Waals surface area (Å²) < 4.78 is 91.2. The minimum absolute atomic E-state index is 0.0291. The molecule has 2 atom stereocenters. The van der Waals surface area contributed by atoms with Crippen molar-refractivity contribution in [2.45, 2.75) is 22.6 Å². The fraction of sp³-hybridized carbons (Fsp3) is 0.192. The summed E-state index contributed by atoms with van der Waals surface area (Å²) >= 11 is 18.4. The van der Waals surface area contributed by atoms with Crippen LogP contribution in [-0.2, 0) is 17.1 Å². The molecule has 0 unspecified atom stereocenters. The highest BCUT2D eigenvalue weighted by Gasteiger charge is 2.68. The van der Waals surface area contributed by atoms with Crippen molar-refractivity contribution in [2.75, 3.05) is 10.6 Å². The van der Waals surface area contributed by atoms with E-state index in [2.05, 4.69) is 10.6 Å². The van der Waals surface area contributed by atoms with Crippen molar-refractivity contribution in [1.82, 2.24) is 0 Å². The Labute approximate surface area is 241 Å². The summed E-state index contributed by atoms with van der Waals surface area (Å²) in [4.78, 5) is 25.8. The van der Waals surface area contributed by atoms with Crippen molar-refractivity contribution in [1.29, 1.82) is 5.26 Å². The average molecular weight is 639 g/mol. The van der Waals surface area contributed by atoms with E-state index in [1.807, 2.05) is 0 Å². The van der Waals surface area contributed by atoms with Crippen LogP contribution in [0, 0.1) is 23.1 Å². The van der Waals surface area contributed by atoms with Crippen LogP contribution in [0.15, 0.2) is 54.6 Å². The maximum atomic E-state index is 13.4. The molecular formula is C26H13Cl3F7N3O2. The van der Waals surface area contributed by atoms with E-state index in [9.17, 15) is 40.3 Å². The Morgan fingerprint density at radius 2 is 1.49 bits per heavy atom. The first-order chi connectivity index (χ1) is 18.9. The van der Waals surface area contributed by atoms with Crippen LogP contribution in [0.25, 0.3) is 0 Å². The van der Waals surface area contributed by atoms with E-state index in [0.29, 0.717) is 12.1 Å². The zero-order chi connectivity index (χ0) is 30.5. The highest BCUT2D eigenvalue weighted by molar-refractivity contribution is 6.53. The second kappa shape index (κ2) is 10.7. The largest absolute Gasteiger partial charge is 0.416 e. The molecular weight excluding hydrogens is 626 g/mol. The third kappa shape index (κ3) is 6.37. The average Bonchev–Trinajstić information content (AvgIpc) is 3.46. The van der Waals surface area contributed by atoms with Crippen molar-refractivity contribution in [3.8, 4) is 6.07 Å². The molecule has 2 N–H and O–H groups in total. The molecule has 0 bridgehead atoms. The van der Waals surface area contributed by atoms with E-state index in [1.54, 1.807) is 6.07 Å². The van der Waals surface area contributed by atoms with Crippen molar-refractivity contribution in [3.05, 3.63) is 93.3 Å². The fourth-order valence-electron chi connectivity index (χ4n) is 4.13. The van der Waals surface area contributed by atoms with Crippen molar-refractivity contribution < 1.29 is 40.3 Å². The predicted octanol–water partition coefficient (Wildman–Crippen LogP) is 8.17. The van der Waals surface area contributed by atoms with Gasteiger partial charge in [0.1, 0.15) is 16.2 Å². The first-order valence-corrected chi connectivity index (χ1v) is 12.4. The lowest BCUT2D eigenvalue weighted by Crippen LogP contribution is -2.18. The Bertz CT molecular complexity index is 1570. The molecule has 15 heteroatoms. The fourth-order valence-corrected chi connectivity index (χ4v) is 5.16. The van der Waals surface area contributed by atoms with Gasteiger partial charge in [-0.25, -0.2) is 4.39 Å². The number of carbonyl (C=O) groups is 2. The quantitative estimate of drug-likeness (QED) is 0.219. The smallest absolute Gasteiger partial charge is 0.326 e. The van der Waals surface area contributed by atoms with Gasteiger partial charge in [-0.1, -0.05) is 11.6 Å². The third-order valence-electron chi connectivity index (χ3n) is 6.13. The number of hydrogen-bond donors (Lipinski definition) is 2. The first kappa shape index (κ1) is 30.4. The third-order valence-corrected chi connectivity index (χ3v) is 7.40. The van der Waals surface area contributed by atoms with Gasteiger partial charge < -0.3 is 10.6 Å². The van der Waals surface area contributed by atoms with Crippen LogP contribution in [0.5, 0.6) is 0 Å². The molecule has 5 nitrogen and oxygen atoms in total. The van der Waals surface area contributed by atoms with Gasteiger partial charge in [0.05, 0.1) is 38.9 Å². The van der Waals surface area contributed by atoms with Gasteiger partial charge in [-0.05, 0) is 60.2 Å². The van der Waals surface area contributed by atoms with Crippen LogP contribution in [0.3, 0.4) is 0 Å². The van der Waals surface area contributed by atoms with Gasteiger partial charge in [0, 0.05) is 11.6 Å². The Morgan fingerprint density at radius 1 is 0.878 bits per heavy atom. The molecule has 41 heavy (non-hydrogen) atoms. The number of nitriles is 1. The van der Waals surface area contributed by atoms with Gasteiger partial charge in [0.25, 0.3) is 5.91 Å². The van der Waals surface area contributed by atoms with E-state index in [-0.39, 0.29) is 33.6 Å². The molecule has 0 aliphatic heterocycles. The van der Waals surface area contributed by atoms with Crippen LogP contribution >= 0.6 is 34.8 Å². The maximum absolute atomic E-state index is 13.4. The summed E-state index contributed by atoms with van der Waals surface area (Å²) in [7, 11) is 0. The van der Waals surface area contributed by atoms with Crippen LogP contribution < -0.4 is 10.6 Å². The molecule has 214 valence electrons. The SMILES string of the molecule is N#Cc1cc(F)ccc1NC(=O)c1cc(NC(=O)[C@@H]2[C@@H](c3cc(C(F)(F)F)cc(C(F)(F)F)c3)C2(Cl)Cl)ccc1Cl. The van der Waals surface area contributed by atoms with Crippen molar-refractivity contribution in [3.63, 3.8) is 0 Å². The molecule has 3 aromatic rings. The topological polar surface area (TPSA) is 82.0 Å². The lowest BCUT2D eigenvalue weighted by atomic mass is 10.0. The number of amides is 2. The number of hydrogen-bond acceptors (Lipinski definition) is 3. The molecule has 0 heterocycles. The molecule has 0 saturated heterocycles. The number of alkyl halides is 8. The number of benzene rings is 3. The minimum Gasteiger partial charge on any atom is -0.326 e. The predicted molar refractivity (Wildman–Crippen MR) is 136 cm³/mol. The number of carbonyl (C=O) groups excluding carboxylic acids is 2. The summed E-state index contributed by atoms with van der Waals surface area (Å²) in [6.07, 6.45) is -10.2. The highest BCUT2D eigenvalue weighted by Crippen LogP contribution is 2.65. The van der Waals surface area contributed by atoms with E-state index >= 15 is 0 Å². The zero-order valence-electron chi connectivity index (χ0n) is 19.9. The second-order valence-electron chi connectivity index (χ2n) is 8.91. The Hall–Kier alpha value is -3.53. The number of nitrogens with one attached hydrogen (secondary N) is 2. The molecule has 1 aliphatic carbocycles. The summed E-state index contributed by atoms with van der Waals surface area (Å²) in [6.45, 7) is 0. The summed E-state index contributed by atoms with van der Waals surface area (Å²) in [5.41, 5.74) is -4.17. The minimum atomic E-state index is -5.12. The Kier molecular flexibility index (Phi) is 7.94. The summed E-state index contributed by atoms with van der Waals surface area (Å²) in [5, 5.41) is 13.8. The van der Waals surface area contributed by atoms with Gasteiger partial charge in [0.15, 0.2) is 0 Å². The molecule has 0 spiro atoms. The van der Waals surface area contributed by atoms with E-state index in [1.165, 1.54) is 12.1 Å². The lowest BCUT2D eigenvalue weighted by Gasteiger charge is -2.14. The monoisotopic (exact) mass is 637 g/mol. The summed E-state index contributed by atoms with van der Waals surface area (Å²) in [6, 6.07) is 9.22. The number of rotatable bonds is 5. The molecule has 1 saturated carbocycles. The van der Waals surface area contributed by atoms with Crippen LogP contribution in [0.1, 0.15) is 38.5 Å². The van der Waals surface area contributed by atoms with Gasteiger partial charge in [-0.3, -0.25) is 9.59 Å². The van der Waals surface area contributed by atoms with Crippen LogP contribution in [0.2, 0.25) is 5.02 Å². The van der Waals surface area contributed by atoms with Crippen LogP contribution in [0.4, 0.5) is 42.1 Å². The standard InChI is InChI=1S/C26H13Cl3F7N3O2/c27-18-3-2-16(9-17(18)22(40)39-19-4-1-15(30)7-12(19)10-37)38-23(41)21-20(24(21,28)29)11-5-13(25(31,32)33)8-14(6-11)26(34,35)36/h1-9,20-21H,(H,38,41)(H,39,40)/t20-,21+/m1/s1. The highest BCUT2D eigenvalue weighted by atomic mass is 35.5. The summed E-state index contributed by atoms with van der Waals surface area (Å²) in [5.74, 6) is -5.39.